The Morgan fingerprint density at radius 2 is 1.43 bits per heavy atom. The van der Waals surface area contributed by atoms with Crippen LogP contribution in [0.4, 0.5) is 5.69 Å². The summed E-state index contributed by atoms with van der Waals surface area (Å²) in [6.45, 7) is 4.60. The first-order valence-electron chi connectivity index (χ1n) is 10.6. The van der Waals surface area contributed by atoms with E-state index in [0.717, 1.165) is 12.1 Å². The molecule has 0 radical (unpaired) electrons. The Bertz CT molecular complexity index is 1160. The maximum Gasteiger partial charge on any atom is 0.0775 e. The Balaban J connectivity index is 1.59. The predicted molar refractivity (Wildman–Crippen MR) is 129 cm³/mol. The van der Waals surface area contributed by atoms with Crippen LogP contribution in [0.15, 0.2) is 111 Å². The maximum absolute atomic E-state index is 5.12. The molecule has 1 heterocycles. The summed E-state index contributed by atoms with van der Waals surface area (Å²) < 4.78 is 0. The van der Waals surface area contributed by atoms with Crippen molar-refractivity contribution in [1.29, 1.82) is 0 Å². The predicted octanol–water partition coefficient (Wildman–Crippen LogP) is 8.03. The number of hydrogen-bond acceptors (Lipinski definition) is 2. The van der Waals surface area contributed by atoms with Crippen molar-refractivity contribution in [3.8, 4) is 0 Å². The lowest BCUT2D eigenvalue weighted by Gasteiger charge is -2.28. The summed E-state index contributed by atoms with van der Waals surface area (Å²) in [5.41, 5.74) is 7.75. The van der Waals surface area contributed by atoms with Crippen molar-refractivity contribution in [2.45, 2.75) is 37.0 Å². The second-order valence-electron chi connectivity index (χ2n) is 8.01. The molecule has 0 saturated carbocycles. The highest BCUT2D eigenvalue weighted by molar-refractivity contribution is 8.04. The zero-order valence-electron chi connectivity index (χ0n) is 17.4. The number of thioether (sulfide) groups is 1. The minimum atomic E-state index is 0.333. The molecule has 0 bridgehead atoms. The molecule has 5 rings (SSSR count). The van der Waals surface area contributed by atoms with E-state index in [1.807, 2.05) is 11.8 Å². The van der Waals surface area contributed by atoms with Gasteiger partial charge >= 0.3 is 0 Å². The SMILES string of the molecule is CC(C1=C2Sc3c(cccc3C(C)c3ccccc3)N=C2CC=C1)c1ccccc1. The monoisotopic (exact) mass is 407 g/mol. The number of fused-ring (bicyclic) bond motifs is 2. The van der Waals surface area contributed by atoms with Crippen molar-refractivity contribution in [3.63, 3.8) is 0 Å². The van der Waals surface area contributed by atoms with E-state index in [4.69, 9.17) is 4.99 Å². The van der Waals surface area contributed by atoms with E-state index in [1.54, 1.807) is 0 Å². The van der Waals surface area contributed by atoms with Crippen molar-refractivity contribution in [3.05, 3.63) is 118 Å². The fourth-order valence-corrected chi connectivity index (χ4v) is 5.75. The van der Waals surface area contributed by atoms with Crippen LogP contribution in [-0.2, 0) is 0 Å². The minimum Gasteiger partial charge on any atom is -0.251 e. The molecule has 148 valence electrons. The van der Waals surface area contributed by atoms with E-state index in [2.05, 4.69) is 105 Å². The normalized spacial score (nSPS) is 17.1. The number of rotatable bonds is 4. The summed E-state index contributed by atoms with van der Waals surface area (Å²) in [5.74, 6) is 0.677. The third-order valence-corrected chi connectivity index (χ3v) is 7.47. The van der Waals surface area contributed by atoms with Crippen molar-refractivity contribution < 1.29 is 0 Å². The molecule has 3 aromatic rings. The molecule has 0 saturated heterocycles. The third kappa shape index (κ3) is 3.46. The first-order valence-corrected chi connectivity index (χ1v) is 11.4. The zero-order valence-corrected chi connectivity index (χ0v) is 18.2. The van der Waals surface area contributed by atoms with Crippen molar-refractivity contribution in [2.75, 3.05) is 0 Å². The molecule has 1 nitrogen and oxygen atoms in total. The molecule has 3 aromatic carbocycles. The van der Waals surface area contributed by atoms with E-state index in [9.17, 15) is 0 Å². The molecule has 0 spiro atoms. The highest BCUT2D eigenvalue weighted by Crippen LogP contribution is 2.49. The standard InChI is InChI=1S/C28H25NS/c1-19(21-11-5-3-6-12-21)23-15-9-17-25-27(23)30-28-24(16-10-18-26(28)29-25)20(2)22-13-7-4-8-14-22/h3-17,19-20H,18H2,1-2H3. The molecule has 2 heteroatoms. The molecule has 0 fully saturated rings. The summed E-state index contributed by atoms with van der Waals surface area (Å²) in [6, 6.07) is 28.1. The van der Waals surface area contributed by atoms with Gasteiger partial charge in [-0.05, 0) is 28.3 Å². The van der Waals surface area contributed by atoms with Crippen molar-refractivity contribution in [2.24, 2.45) is 4.99 Å². The molecule has 2 unspecified atom stereocenters. The summed E-state index contributed by atoms with van der Waals surface area (Å²) in [6.07, 6.45) is 5.48. The number of allylic oxidation sites excluding steroid dienone is 4. The van der Waals surface area contributed by atoms with Gasteiger partial charge in [0.2, 0.25) is 0 Å². The number of aliphatic imine (C=N–C) groups is 1. The quantitative estimate of drug-likeness (QED) is 0.426. The number of hydrogen-bond donors (Lipinski definition) is 0. The van der Waals surface area contributed by atoms with Gasteiger partial charge in [0, 0.05) is 28.1 Å². The molecule has 2 aliphatic rings. The van der Waals surface area contributed by atoms with Gasteiger partial charge in [-0.2, -0.15) is 0 Å². The molecule has 1 aliphatic carbocycles. The smallest absolute Gasteiger partial charge is 0.0775 e. The van der Waals surface area contributed by atoms with Crippen molar-refractivity contribution in [1.82, 2.24) is 0 Å². The van der Waals surface area contributed by atoms with E-state index in [1.165, 1.54) is 37.8 Å². The summed E-state index contributed by atoms with van der Waals surface area (Å²) in [7, 11) is 0. The highest BCUT2D eigenvalue weighted by Gasteiger charge is 2.28. The van der Waals surface area contributed by atoms with Gasteiger partial charge in [-0.25, -0.2) is 0 Å². The van der Waals surface area contributed by atoms with Gasteiger partial charge in [0.1, 0.15) is 0 Å². The van der Waals surface area contributed by atoms with Gasteiger partial charge < -0.3 is 0 Å². The topological polar surface area (TPSA) is 12.4 Å². The Kier molecular flexibility index (Phi) is 5.18. The molecule has 0 aromatic heterocycles. The second kappa shape index (κ2) is 8.12. The molecule has 1 aliphatic heterocycles. The highest BCUT2D eigenvalue weighted by atomic mass is 32.2. The summed E-state index contributed by atoms with van der Waals surface area (Å²) in [5, 5.41) is 0. The van der Waals surface area contributed by atoms with E-state index in [0.29, 0.717) is 11.8 Å². The second-order valence-corrected chi connectivity index (χ2v) is 9.03. The average molecular weight is 408 g/mol. The molecule has 0 amide bonds. The lowest BCUT2D eigenvalue weighted by atomic mass is 9.88. The Hall–Kier alpha value is -2.84. The van der Waals surface area contributed by atoms with Gasteiger partial charge in [0.25, 0.3) is 0 Å². The minimum absolute atomic E-state index is 0.333. The lowest BCUT2D eigenvalue weighted by molar-refractivity contribution is 0.892. The van der Waals surface area contributed by atoms with Gasteiger partial charge in [0.15, 0.2) is 0 Å². The number of nitrogens with zero attached hydrogens (tertiary/aromatic N) is 1. The average Bonchev–Trinajstić information content (AvgIpc) is 2.82. The first-order chi connectivity index (χ1) is 14.7. The fraction of sp³-hybridized carbons (Fsp3) is 0.179. The van der Waals surface area contributed by atoms with Gasteiger partial charge in [-0.15, -0.1) is 0 Å². The van der Waals surface area contributed by atoms with Gasteiger partial charge in [-0.3, -0.25) is 4.99 Å². The van der Waals surface area contributed by atoms with Crippen LogP contribution < -0.4 is 0 Å². The van der Waals surface area contributed by atoms with Crippen LogP contribution in [0.1, 0.15) is 48.8 Å². The lowest BCUT2D eigenvalue weighted by Crippen LogP contribution is -2.13. The molecular weight excluding hydrogens is 382 g/mol. The van der Waals surface area contributed by atoms with Crippen LogP contribution in [0.3, 0.4) is 0 Å². The molecule has 2 atom stereocenters. The first kappa shape index (κ1) is 19.1. The summed E-state index contributed by atoms with van der Waals surface area (Å²) in [4.78, 5) is 7.77. The fourth-order valence-electron chi connectivity index (χ4n) is 4.36. The van der Waals surface area contributed by atoms with Crippen LogP contribution in [0.5, 0.6) is 0 Å². The van der Waals surface area contributed by atoms with Crippen LogP contribution in [0, 0.1) is 0 Å². The van der Waals surface area contributed by atoms with E-state index < -0.39 is 0 Å². The van der Waals surface area contributed by atoms with Crippen molar-refractivity contribution >= 4 is 23.2 Å². The maximum atomic E-state index is 5.12. The Morgan fingerprint density at radius 3 is 2.13 bits per heavy atom. The molecule has 30 heavy (non-hydrogen) atoms. The van der Waals surface area contributed by atoms with E-state index >= 15 is 0 Å². The van der Waals surface area contributed by atoms with Crippen LogP contribution >= 0.6 is 11.8 Å². The van der Waals surface area contributed by atoms with Crippen LogP contribution in [-0.4, -0.2) is 5.71 Å². The summed E-state index contributed by atoms with van der Waals surface area (Å²) >= 11 is 1.92. The zero-order chi connectivity index (χ0) is 20.5. The van der Waals surface area contributed by atoms with Crippen LogP contribution in [0.2, 0.25) is 0 Å². The van der Waals surface area contributed by atoms with Gasteiger partial charge in [0.05, 0.1) is 11.4 Å². The Morgan fingerprint density at radius 1 is 0.767 bits per heavy atom. The van der Waals surface area contributed by atoms with Gasteiger partial charge in [-0.1, -0.05) is 111 Å². The molecule has 0 N–H and O–H groups in total. The third-order valence-electron chi connectivity index (χ3n) is 6.15. The Labute approximate surface area is 183 Å². The number of benzene rings is 3. The largest absolute Gasteiger partial charge is 0.251 e. The van der Waals surface area contributed by atoms with Crippen LogP contribution in [0.25, 0.3) is 0 Å². The molecular formula is C28H25NS. The van der Waals surface area contributed by atoms with E-state index in [-0.39, 0.29) is 0 Å².